The van der Waals surface area contributed by atoms with Crippen molar-refractivity contribution in [2.45, 2.75) is 25.8 Å². The second kappa shape index (κ2) is 7.84. The monoisotopic (exact) mass is 474 g/mol. The van der Waals surface area contributed by atoms with Crippen molar-refractivity contribution in [1.29, 1.82) is 0 Å². The molecule has 1 saturated heterocycles. The Labute approximate surface area is 197 Å². The molecule has 34 heavy (non-hydrogen) atoms. The lowest BCUT2D eigenvalue weighted by Crippen LogP contribution is -2.37. The molecule has 5 aromatic rings. The lowest BCUT2D eigenvalue weighted by molar-refractivity contribution is -0.130. The predicted molar refractivity (Wildman–Crippen MR) is 132 cm³/mol. The van der Waals surface area contributed by atoms with Crippen molar-refractivity contribution in [3.63, 3.8) is 0 Å². The number of likely N-dealkylation sites (tertiary alicyclic amines) is 1. The van der Waals surface area contributed by atoms with E-state index in [2.05, 4.69) is 15.1 Å². The fraction of sp³-hybridized carbons (Fsp3) is 0.250. The summed E-state index contributed by atoms with van der Waals surface area (Å²) < 4.78 is 9.04. The van der Waals surface area contributed by atoms with Gasteiger partial charge in [-0.15, -0.1) is 11.3 Å². The van der Waals surface area contributed by atoms with Crippen LogP contribution < -0.4 is 11.3 Å². The van der Waals surface area contributed by atoms with Crippen LogP contribution in [0.1, 0.15) is 25.8 Å². The Balaban J connectivity index is 1.37. The minimum absolute atomic E-state index is 0.121. The number of rotatable bonds is 3. The molecule has 5 aromatic heterocycles. The number of thiophene rings is 1. The summed E-state index contributed by atoms with van der Waals surface area (Å²) in [5.74, 6) is 1.11. The molecule has 0 aromatic carbocycles. The van der Waals surface area contributed by atoms with Crippen LogP contribution in [-0.4, -0.2) is 43.6 Å². The molecule has 0 spiro atoms. The van der Waals surface area contributed by atoms with Crippen molar-refractivity contribution < 1.29 is 9.21 Å². The highest BCUT2D eigenvalue weighted by atomic mass is 32.1. The molecular formula is C24H22N6O3S. The van der Waals surface area contributed by atoms with Gasteiger partial charge in [-0.3, -0.25) is 14.3 Å². The zero-order chi connectivity index (χ0) is 23.4. The van der Waals surface area contributed by atoms with E-state index in [0.717, 1.165) is 58.1 Å². The maximum atomic E-state index is 11.7. The molecule has 1 aliphatic rings. The second-order valence-corrected chi connectivity index (χ2v) is 9.49. The van der Waals surface area contributed by atoms with Gasteiger partial charge in [-0.25, -0.2) is 4.98 Å². The van der Waals surface area contributed by atoms with Crippen molar-refractivity contribution in [3.05, 3.63) is 52.7 Å². The highest BCUT2D eigenvalue weighted by molar-refractivity contribution is 7.17. The highest BCUT2D eigenvalue weighted by Gasteiger charge is 2.23. The first kappa shape index (κ1) is 20.7. The average Bonchev–Trinajstić information content (AvgIpc) is 3.57. The number of fused-ring (bicyclic) bond motifs is 2. The minimum Gasteiger partial charge on any atom is -0.452 e. The molecule has 3 N–H and O–H groups in total. The van der Waals surface area contributed by atoms with Crippen molar-refractivity contribution in [1.82, 2.24) is 24.6 Å². The molecule has 10 heteroatoms. The van der Waals surface area contributed by atoms with E-state index in [1.54, 1.807) is 25.4 Å². The number of furan rings is 1. The minimum atomic E-state index is -0.134. The van der Waals surface area contributed by atoms with E-state index in [1.807, 2.05) is 33.4 Å². The predicted octanol–water partition coefficient (Wildman–Crippen LogP) is 4.03. The van der Waals surface area contributed by atoms with Crippen molar-refractivity contribution in [2.75, 3.05) is 18.8 Å². The summed E-state index contributed by atoms with van der Waals surface area (Å²) in [7, 11) is 0. The third-order valence-electron chi connectivity index (χ3n) is 6.53. The van der Waals surface area contributed by atoms with Crippen LogP contribution in [0.15, 0.2) is 51.5 Å². The molecule has 0 unspecified atom stereocenters. The summed E-state index contributed by atoms with van der Waals surface area (Å²) in [6, 6.07) is 3.81. The smallest absolute Gasteiger partial charge is 0.249 e. The van der Waals surface area contributed by atoms with Gasteiger partial charge < -0.3 is 20.0 Å². The van der Waals surface area contributed by atoms with E-state index >= 15 is 0 Å². The maximum absolute atomic E-state index is 11.7. The highest BCUT2D eigenvalue weighted by Crippen LogP contribution is 2.40. The molecular weight excluding hydrogens is 452 g/mol. The summed E-state index contributed by atoms with van der Waals surface area (Å²) >= 11 is 1.49. The van der Waals surface area contributed by atoms with Crippen LogP contribution in [0.25, 0.3) is 43.5 Å². The Morgan fingerprint density at radius 1 is 1.21 bits per heavy atom. The summed E-state index contributed by atoms with van der Waals surface area (Å²) in [4.78, 5) is 32.3. The summed E-state index contributed by atoms with van der Waals surface area (Å²) in [6.07, 6.45) is 9.07. The Morgan fingerprint density at radius 2 is 2.03 bits per heavy atom. The number of nitrogens with one attached hydrogen (secondary N) is 1. The molecule has 1 fully saturated rings. The summed E-state index contributed by atoms with van der Waals surface area (Å²) in [6.45, 7) is 3.10. The van der Waals surface area contributed by atoms with Gasteiger partial charge >= 0.3 is 0 Å². The van der Waals surface area contributed by atoms with Crippen LogP contribution in [-0.2, 0) is 4.79 Å². The lowest BCUT2D eigenvalue weighted by Gasteiger charge is -2.31. The first-order valence-electron chi connectivity index (χ1n) is 11.1. The number of aromatic amines is 1. The van der Waals surface area contributed by atoms with Crippen LogP contribution in [0.3, 0.4) is 0 Å². The molecule has 6 rings (SSSR count). The van der Waals surface area contributed by atoms with E-state index in [9.17, 15) is 9.59 Å². The SMILES string of the molecule is CC(=O)N1CCC(n2cc(-c3cnc(N)c4oc(-c5csc6cc(=O)[nH]cc56)cc34)cn2)CC1. The summed E-state index contributed by atoms with van der Waals surface area (Å²) in [5.41, 5.74) is 9.26. The van der Waals surface area contributed by atoms with Gasteiger partial charge in [-0.1, -0.05) is 0 Å². The number of carbonyl (C=O) groups excluding carboxylic acids is 1. The quantitative estimate of drug-likeness (QED) is 0.407. The number of hydrogen-bond donors (Lipinski definition) is 2. The molecule has 0 saturated carbocycles. The molecule has 1 aliphatic heterocycles. The number of nitrogens with two attached hydrogens (primary N) is 1. The normalized spacial score (nSPS) is 14.9. The van der Waals surface area contributed by atoms with Gasteiger partial charge in [-0.05, 0) is 18.9 Å². The molecule has 6 heterocycles. The number of H-pyrrole nitrogens is 1. The number of piperidine rings is 1. The van der Waals surface area contributed by atoms with E-state index in [-0.39, 0.29) is 17.5 Å². The Morgan fingerprint density at radius 3 is 2.82 bits per heavy atom. The Bertz CT molecular complexity index is 1600. The molecule has 0 bridgehead atoms. The number of hydrogen-bond acceptors (Lipinski definition) is 7. The van der Waals surface area contributed by atoms with Gasteiger partial charge in [0, 0.05) is 82.2 Å². The first-order chi connectivity index (χ1) is 16.5. The number of pyridine rings is 2. The zero-order valence-corrected chi connectivity index (χ0v) is 19.3. The number of nitrogen functional groups attached to an aromatic ring is 1. The Kier molecular flexibility index (Phi) is 4.77. The molecule has 0 aliphatic carbocycles. The standard InChI is InChI=1S/C24H22N6O3S/c1-13(31)29-4-2-15(3-5-29)30-11-14(8-28-30)17-9-27-24(25)23-16(17)6-20(33-23)19-12-34-21-7-22(32)26-10-18(19)21/h6-12,15H,2-5H2,1H3,(H2,25,27)(H,26,32). The Hall–Kier alpha value is -3.92. The van der Waals surface area contributed by atoms with Crippen LogP contribution in [0, 0.1) is 0 Å². The van der Waals surface area contributed by atoms with E-state index in [4.69, 9.17) is 10.2 Å². The summed E-state index contributed by atoms with van der Waals surface area (Å²) in [5, 5.41) is 8.37. The molecule has 0 radical (unpaired) electrons. The molecule has 0 atom stereocenters. The fourth-order valence-electron chi connectivity index (χ4n) is 4.67. The first-order valence-corrected chi connectivity index (χ1v) is 11.9. The molecule has 9 nitrogen and oxygen atoms in total. The topological polar surface area (TPSA) is 123 Å². The lowest BCUT2D eigenvalue weighted by atomic mass is 10.0. The second-order valence-electron chi connectivity index (χ2n) is 8.58. The number of anilines is 1. The van der Waals surface area contributed by atoms with Crippen molar-refractivity contribution in [2.24, 2.45) is 0 Å². The number of carbonyl (C=O) groups is 1. The van der Waals surface area contributed by atoms with Gasteiger partial charge in [0.2, 0.25) is 11.5 Å². The molecule has 1 amide bonds. The van der Waals surface area contributed by atoms with Crippen LogP contribution in [0.5, 0.6) is 0 Å². The fourth-order valence-corrected chi connectivity index (χ4v) is 5.62. The van der Waals surface area contributed by atoms with Gasteiger partial charge in [-0.2, -0.15) is 5.10 Å². The van der Waals surface area contributed by atoms with Crippen molar-refractivity contribution in [3.8, 4) is 22.5 Å². The number of nitrogens with zero attached hydrogens (tertiary/aromatic N) is 4. The zero-order valence-electron chi connectivity index (χ0n) is 18.4. The van der Waals surface area contributed by atoms with Crippen LogP contribution >= 0.6 is 11.3 Å². The molecule has 172 valence electrons. The van der Waals surface area contributed by atoms with Crippen LogP contribution in [0.4, 0.5) is 5.82 Å². The van der Waals surface area contributed by atoms with Gasteiger partial charge in [0.25, 0.3) is 0 Å². The number of aromatic nitrogens is 4. The van der Waals surface area contributed by atoms with Gasteiger partial charge in [0.1, 0.15) is 5.76 Å². The van der Waals surface area contributed by atoms with Crippen molar-refractivity contribution >= 4 is 44.1 Å². The number of amides is 1. The van der Waals surface area contributed by atoms with E-state index in [0.29, 0.717) is 17.2 Å². The van der Waals surface area contributed by atoms with E-state index < -0.39 is 0 Å². The van der Waals surface area contributed by atoms with Gasteiger partial charge in [0.05, 0.1) is 12.2 Å². The maximum Gasteiger partial charge on any atom is 0.249 e. The average molecular weight is 475 g/mol. The largest absolute Gasteiger partial charge is 0.452 e. The third kappa shape index (κ3) is 3.38. The van der Waals surface area contributed by atoms with E-state index in [1.165, 1.54) is 11.3 Å². The van der Waals surface area contributed by atoms with Crippen LogP contribution in [0.2, 0.25) is 0 Å². The third-order valence-corrected chi connectivity index (χ3v) is 7.48. The van der Waals surface area contributed by atoms with Gasteiger partial charge in [0.15, 0.2) is 11.4 Å².